The van der Waals surface area contributed by atoms with Crippen LogP contribution in [0.25, 0.3) is 106 Å². The second-order valence-corrected chi connectivity index (χ2v) is 14.7. The second kappa shape index (κ2) is 14.5. The van der Waals surface area contributed by atoms with E-state index in [0.29, 0.717) is 11.8 Å². The van der Waals surface area contributed by atoms with E-state index in [1.165, 1.54) is 21.5 Å². The summed E-state index contributed by atoms with van der Waals surface area (Å²) in [6, 6.07) is 73.8. The van der Waals surface area contributed by atoms with E-state index < -0.39 is 0 Å². The summed E-state index contributed by atoms with van der Waals surface area (Å²) in [5.74, 6) is 1.32. The Balaban J connectivity index is 1.05. The van der Waals surface area contributed by atoms with Gasteiger partial charge < -0.3 is 0 Å². The lowest BCUT2D eigenvalue weighted by atomic mass is 9.98. The zero-order valence-electron chi connectivity index (χ0n) is 31.9. The van der Waals surface area contributed by atoms with Crippen molar-refractivity contribution >= 4 is 32.6 Å². The van der Waals surface area contributed by atoms with Crippen LogP contribution in [0.5, 0.6) is 0 Å². The SMILES string of the molecule is c1ccc(-c2cc(-c3cccc(-c4cccc(-c5cc(-c6ccccc6)nc(-n6c7ccccc7c7c8ccccc8ccc76)n5)c4)c3)nc(-c3ccccc3)n2)cc1. The van der Waals surface area contributed by atoms with Crippen molar-refractivity contribution in [3.8, 4) is 73.5 Å². The maximum absolute atomic E-state index is 5.36. The Bertz CT molecular complexity index is 3260. The van der Waals surface area contributed by atoms with Crippen LogP contribution in [0.4, 0.5) is 0 Å². The van der Waals surface area contributed by atoms with E-state index in [1.807, 2.05) is 42.5 Å². The van der Waals surface area contributed by atoms with Gasteiger partial charge in [-0.3, -0.25) is 4.57 Å². The lowest BCUT2D eigenvalue weighted by Gasteiger charge is -2.13. The fourth-order valence-electron chi connectivity index (χ4n) is 8.18. The van der Waals surface area contributed by atoms with Crippen LogP contribution in [0.2, 0.25) is 0 Å². The molecule has 5 nitrogen and oxygen atoms in total. The third-order valence-electron chi connectivity index (χ3n) is 11.0. The Kier molecular flexibility index (Phi) is 8.41. The van der Waals surface area contributed by atoms with E-state index in [0.717, 1.165) is 72.8 Å². The molecule has 276 valence electrons. The Morgan fingerprint density at radius 1 is 0.288 bits per heavy atom. The number of fused-ring (bicyclic) bond motifs is 5. The van der Waals surface area contributed by atoms with Gasteiger partial charge in [0.25, 0.3) is 0 Å². The molecule has 0 saturated heterocycles. The third kappa shape index (κ3) is 6.32. The molecule has 0 saturated carbocycles. The second-order valence-electron chi connectivity index (χ2n) is 14.7. The van der Waals surface area contributed by atoms with Crippen LogP contribution >= 0.6 is 0 Å². The first-order valence-electron chi connectivity index (χ1n) is 19.8. The number of para-hydroxylation sites is 1. The molecule has 3 aromatic heterocycles. The van der Waals surface area contributed by atoms with Crippen molar-refractivity contribution in [3.63, 3.8) is 0 Å². The van der Waals surface area contributed by atoms with Gasteiger partial charge in [-0.05, 0) is 58.3 Å². The van der Waals surface area contributed by atoms with Gasteiger partial charge in [0, 0.05) is 38.6 Å². The Morgan fingerprint density at radius 2 is 0.746 bits per heavy atom. The first-order chi connectivity index (χ1) is 29.2. The highest BCUT2D eigenvalue weighted by molar-refractivity contribution is 6.21. The van der Waals surface area contributed by atoms with Crippen LogP contribution in [0.15, 0.2) is 212 Å². The number of aromatic nitrogens is 5. The predicted molar refractivity (Wildman–Crippen MR) is 242 cm³/mol. The highest BCUT2D eigenvalue weighted by Crippen LogP contribution is 2.38. The zero-order valence-corrected chi connectivity index (χ0v) is 31.9. The molecule has 0 spiro atoms. The van der Waals surface area contributed by atoms with E-state index in [2.05, 4.69) is 174 Å². The molecule has 11 rings (SSSR count). The molecule has 0 aliphatic rings. The highest BCUT2D eigenvalue weighted by atomic mass is 15.2. The van der Waals surface area contributed by atoms with Gasteiger partial charge in [0.2, 0.25) is 5.95 Å². The quantitative estimate of drug-likeness (QED) is 0.163. The van der Waals surface area contributed by atoms with Crippen LogP contribution in [0, 0.1) is 0 Å². The third-order valence-corrected chi connectivity index (χ3v) is 11.0. The van der Waals surface area contributed by atoms with Crippen molar-refractivity contribution in [2.24, 2.45) is 0 Å². The van der Waals surface area contributed by atoms with E-state index in [9.17, 15) is 0 Å². The van der Waals surface area contributed by atoms with Gasteiger partial charge in [0.15, 0.2) is 5.82 Å². The van der Waals surface area contributed by atoms with Gasteiger partial charge in [-0.2, -0.15) is 0 Å². The molecule has 0 aliphatic heterocycles. The van der Waals surface area contributed by atoms with Gasteiger partial charge in [-0.1, -0.05) is 176 Å². The normalized spacial score (nSPS) is 11.4. The summed E-state index contributed by atoms with van der Waals surface area (Å²) >= 11 is 0. The first-order valence-corrected chi connectivity index (χ1v) is 19.8. The van der Waals surface area contributed by atoms with Gasteiger partial charge in [-0.15, -0.1) is 0 Å². The molecule has 59 heavy (non-hydrogen) atoms. The molecular formula is C54H35N5. The monoisotopic (exact) mass is 753 g/mol. The molecular weight excluding hydrogens is 719 g/mol. The highest BCUT2D eigenvalue weighted by Gasteiger charge is 2.19. The maximum atomic E-state index is 5.36. The van der Waals surface area contributed by atoms with Crippen molar-refractivity contribution in [2.75, 3.05) is 0 Å². The van der Waals surface area contributed by atoms with E-state index in [1.54, 1.807) is 0 Å². The number of hydrogen-bond donors (Lipinski definition) is 0. The van der Waals surface area contributed by atoms with Crippen LogP contribution < -0.4 is 0 Å². The van der Waals surface area contributed by atoms with E-state index in [-0.39, 0.29) is 0 Å². The fourth-order valence-corrected chi connectivity index (χ4v) is 8.18. The Morgan fingerprint density at radius 3 is 1.37 bits per heavy atom. The van der Waals surface area contributed by atoms with Gasteiger partial charge in [0.05, 0.1) is 33.8 Å². The summed E-state index contributed by atoms with van der Waals surface area (Å²) in [5, 5.41) is 4.79. The molecule has 0 atom stereocenters. The summed E-state index contributed by atoms with van der Waals surface area (Å²) in [5.41, 5.74) is 12.8. The van der Waals surface area contributed by atoms with Gasteiger partial charge in [0.1, 0.15) is 0 Å². The number of hydrogen-bond acceptors (Lipinski definition) is 4. The van der Waals surface area contributed by atoms with E-state index in [4.69, 9.17) is 19.9 Å². The van der Waals surface area contributed by atoms with Crippen molar-refractivity contribution in [1.82, 2.24) is 24.5 Å². The van der Waals surface area contributed by atoms with Crippen LogP contribution in [-0.2, 0) is 0 Å². The summed E-state index contributed by atoms with van der Waals surface area (Å²) < 4.78 is 2.22. The molecule has 11 aromatic rings. The Hall–Kier alpha value is -8.02. The Labute approximate surface area is 341 Å². The smallest absolute Gasteiger partial charge is 0.235 e. The van der Waals surface area contributed by atoms with Crippen LogP contribution in [-0.4, -0.2) is 24.5 Å². The zero-order chi connectivity index (χ0) is 39.1. The molecule has 0 radical (unpaired) electrons. The predicted octanol–water partition coefficient (Wildman–Crippen LogP) is 13.5. The van der Waals surface area contributed by atoms with Crippen molar-refractivity contribution in [1.29, 1.82) is 0 Å². The molecule has 0 unspecified atom stereocenters. The summed E-state index contributed by atoms with van der Waals surface area (Å²) in [7, 11) is 0. The maximum Gasteiger partial charge on any atom is 0.235 e. The lowest BCUT2D eigenvalue weighted by molar-refractivity contribution is 0.996. The van der Waals surface area contributed by atoms with Crippen molar-refractivity contribution in [2.45, 2.75) is 0 Å². The molecule has 8 aromatic carbocycles. The number of benzene rings is 8. The molecule has 3 heterocycles. The minimum absolute atomic E-state index is 0.627. The average Bonchev–Trinajstić information content (AvgIpc) is 3.67. The first kappa shape index (κ1) is 34.2. The lowest BCUT2D eigenvalue weighted by Crippen LogP contribution is -2.04. The number of nitrogens with zero attached hydrogens (tertiary/aromatic N) is 5. The largest absolute Gasteiger partial charge is 0.278 e. The molecule has 0 N–H and O–H groups in total. The van der Waals surface area contributed by atoms with Gasteiger partial charge >= 0.3 is 0 Å². The van der Waals surface area contributed by atoms with Crippen LogP contribution in [0.3, 0.4) is 0 Å². The summed E-state index contributed by atoms with van der Waals surface area (Å²) in [6.45, 7) is 0. The topological polar surface area (TPSA) is 56.5 Å². The minimum Gasteiger partial charge on any atom is -0.278 e. The van der Waals surface area contributed by atoms with Crippen molar-refractivity contribution in [3.05, 3.63) is 212 Å². The molecule has 0 bridgehead atoms. The molecule has 5 heteroatoms. The molecule has 0 amide bonds. The van der Waals surface area contributed by atoms with Crippen molar-refractivity contribution < 1.29 is 0 Å². The number of rotatable bonds is 7. The van der Waals surface area contributed by atoms with Crippen LogP contribution in [0.1, 0.15) is 0 Å². The van der Waals surface area contributed by atoms with E-state index >= 15 is 0 Å². The molecule has 0 aliphatic carbocycles. The van der Waals surface area contributed by atoms with Gasteiger partial charge in [-0.25, -0.2) is 19.9 Å². The summed E-state index contributed by atoms with van der Waals surface area (Å²) in [6.07, 6.45) is 0. The molecule has 0 fully saturated rings. The average molecular weight is 754 g/mol. The minimum atomic E-state index is 0.627. The standard InChI is InChI=1S/C54H35N5/c1-4-17-37(18-5-1)46-34-48(56-53(55-46)39-21-8-3-9-22-39)42-25-14-23-40(32-42)41-24-15-26-43(33-41)49-35-47(38-19-6-2-7-20-38)57-54(58-49)59-50-29-13-12-28-45(50)52-44-27-11-10-16-36(44)30-31-51(52)59/h1-35H. The summed E-state index contributed by atoms with van der Waals surface area (Å²) in [4.78, 5) is 20.7. The fraction of sp³-hybridized carbons (Fsp3) is 0.